The maximum Gasteiger partial charge on any atom is 0.335 e. The van der Waals surface area contributed by atoms with Gasteiger partial charge in [0, 0.05) is 27.7 Å². The van der Waals surface area contributed by atoms with Crippen molar-refractivity contribution in [1.29, 1.82) is 0 Å². The summed E-state index contributed by atoms with van der Waals surface area (Å²) in [6, 6.07) is 16.7. The first-order valence-electron chi connectivity index (χ1n) is 9.93. The van der Waals surface area contributed by atoms with E-state index < -0.39 is 17.6 Å². The van der Waals surface area contributed by atoms with Crippen molar-refractivity contribution >= 4 is 23.3 Å². The molecule has 0 aliphatic carbocycles. The van der Waals surface area contributed by atoms with Gasteiger partial charge in [-0.2, -0.15) is 0 Å². The minimum absolute atomic E-state index is 0.0432. The lowest BCUT2D eigenvalue weighted by molar-refractivity contribution is 0.0697. The van der Waals surface area contributed by atoms with Gasteiger partial charge in [-0.15, -0.1) is 0 Å². The second-order valence-electron chi connectivity index (χ2n) is 7.44. The second kappa shape index (κ2) is 8.96. The third-order valence-corrected chi connectivity index (χ3v) is 5.41. The summed E-state index contributed by atoms with van der Waals surface area (Å²) >= 11 is 6.25. The number of rotatable bonds is 6. The normalized spacial score (nSPS) is 10.9. The fourth-order valence-electron chi connectivity index (χ4n) is 3.63. The molecule has 0 radical (unpaired) electrons. The van der Waals surface area contributed by atoms with Gasteiger partial charge in [0.05, 0.1) is 16.8 Å². The van der Waals surface area contributed by atoms with Crippen molar-refractivity contribution in [3.05, 3.63) is 100 Å². The number of carboxylic acids is 1. The number of aromatic nitrogens is 1. The molecule has 0 unspecified atom stereocenters. The molecule has 0 bridgehead atoms. The van der Waals surface area contributed by atoms with Crippen LogP contribution in [0.5, 0.6) is 5.75 Å². The average Bonchev–Trinajstić information content (AvgIpc) is 3.15. The van der Waals surface area contributed by atoms with Gasteiger partial charge < -0.3 is 20.1 Å². The van der Waals surface area contributed by atoms with Crippen LogP contribution in [0.1, 0.15) is 21.6 Å². The minimum atomic E-state index is -1.10. The standard InChI is InChI=1S/C25H19ClF2N2O3/c1-14-5-7-23(30(14)18-10-15(25(31)32)9-17(29)12-18)19-11-16(26)6-8-24(19)33-13-20-21(27)3-2-4-22(20)28/h2-12H,13,29H2,1H3,(H,31,32). The average molecular weight is 469 g/mol. The number of anilines is 1. The second-order valence-corrected chi connectivity index (χ2v) is 7.88. The van der Waals surface area contributed by atoms with Crippen molar-refractivity contribution in [2.75, 3.05) is 5.73 Å². The number of nitrogen functional groups attached to an aromatic ring is 1. The number of nitrogens with zero attached hydrogens (tertiary/aromatic N) is 1. The Morgan fingerprint density at radius 2 is 1.79 bits per heavy atom. The molecule has 0 saturated heterocycles. The van der Waals surface area contributed by atoms with E-state index in [-0.39, 0.29) is 17.7 Å². The molecule has 1 heterocycles. The van der Waals surface area contributed by atoms with E-state index in [1.54, 1.807) is 24.3 Å². The molecule has 4 aromatic rings. The maximum absolute atomic E-state index is 14.1. The first kappa shape index (κ1) is 22.4. The highest BCUT2D eigenvalue weighted by Crippen LogP contribution is 2.36. The molecule has 168 valence electrons. The summed E-state index contributed by atoms with van der Waals surface area (Å²) in [7, 11) is 0. The number of carbonyl (C=O) groups is 1. The van der Waals surface area contributed by atoms with Crippen LogP contribution < -0.4 is 10.5 Å². The highest BCUT2D eigenvalue weighted by Gasteiger charge is 2.18. The van der Waals surface area contributed by atoms with Gasteiger partial charge in [0.1, 0.15) is 24.0 Å². The smallest absolute Gasteiger partial charge is 0.335 e. The highest BCUT2D eigenvalue weighted by atomic mass is 35.5. The Bertz CT molecular complexity index is 1350. The maximum atomic E-state index is 14.1. The number of aromatic carboxylic acids is 1. The zero-order valence-corrected chi connectivity index (χ0v) is 18.2. The van der Waals surface area contributed by atoms with Crippen LogP contribution in [0.4, 0.5) is 14.5 Å². The van der Waals surface area contributed by atoms with Gasteiger partial charge in [0.15, 0.2) is 0 Å². The van der Waals surface area contributed by atoms with Gasteiger partial charge in [0.25, 0.3) is 0 Å². The van der Waals surface area contributed by atoms with Crippen LogP contribution >= 0.6 is 11.6 Å². The number of hydrogen-bond acceptors (Lipinski definition) is 3. The van der Waals surface area contributed by atoms with E-state index in [1.807, 2.05) is 23.6 Å². The number of ether oxygens (including phenoxy) is 1. The quantitative estimate of drug-likeness (QED) is 0.328. The topological polar surface area (TPSA) is 77.5 Å². The van der Waals surface area contributed by atoms with Gasteiger partial charge in [0.2, 0.25) is 0 Å². The molecule has 4 rings (SSSR count). The van der Waals surface area contributed by atoms with Crippen LogP contribution in [0.3, 0.4) is 0 Å². The number of aryl methyl sites for hydroxylation is 1. The van der Waals surface area contributed by atoms with Crippen molar-refractivity contribution in [3.8, 4) is 22.7 Å². The molecule has 0 saturated carbocycles. The van der Waals surface area contributed by atoms with Gasteiger partial charge in [-0.25, -0.2) is 13.6 Å². The van der Waals surface area contributed by atoms with E-state index in [0.717, 1.165) is 5.69 Å². The van der Waals surface area contributed by atoms with Crippen LogP contribution in [0.2, 0.25) is 5.02 Å². The molecule has 1 aromatic heterocycles. The fraction of sp³-hybridized carbons (Fsp3) is 0.0800. The molecule has 33 heavy (non-hydrogen) atoms. The first-order valence-corrected chi connectivity index (χ1v) is 10.3. The molecule has 0 aliphatic heterocycles. The predicted octanol–water partition coefficient (Wildman–Crippen LogP) is 6.24. The van der Waals surface area contributed by atoms with Crippen molar-refractivity contribution in [1.82, 2.24) is 4.57 Å². The zero-order chi connectivity index (χ0) is 23.7. The highest BCUT2D eigenvalue weighted by molar-refractivity contribution is 6.31. The molecular formula is C25H19ClF2N2O3. The Labute approximate surface area is 193 Å². The lowest BCUT2D eigenvalue weighted by atomic mass is 10.1. The van der Waals surface area contributed by atoms with E-state index in [2.05, 4.69) is 0 Å². The van der Waals surface area contributed by atoms with Crippen LogP contribution in [-0.4, -0.2) is 15.6 Å². The molecule has 0 amide bonds. The van der Waals surface area contributed by atoms with E-state index in [9.17, 15) is 18.7 Å². The Hall–Kier alpha value is -3.84. The number of carboxylic acid groups (broad SMARTS) is 1. The summed E-state index contributed by atoms with van der Waals surface area (Å²) in [5.74, 6) is -2.16. The van der Waals surface area contributed by atoms with E-state index in [4.69, 9.17) is 22.1 Å². The summed E-state index contributed by atoms with van der Waals surface area (Å²) in [6.07, 6.45) is 0. The zero-order valence-electron chi connectivity index (χ0n) is 17.5. The number of benzene rings is 3. The summed E-state index contributed by atoms with van der Waals surface area (Å²) in [5.41, 5.74) is 8.63. The van der Waals surface area contributed by atoms with Gasteiger partial charge in [-0.05, 0) is 67.6 Å². The lowest BCUT2D eigenvalue weighted by Gasteiger charge is -2.17. The van der Waals surface area contributed by atoms with E-state index >= 15 is 0 Å². The first-order chi connectivity index (χ1) is 15.7. The lowest BCUT2D eigenvalue weighted by Crippen LogP contribution is -2.06. The van der Waals surface area contributed by atoms with Crippen molar-refractivity contribution in [3.63, 3.8) is 0 Å². The molecule has 0 spiro atoms. The van der Waals surface area contributed by atoms with Crippen molar-refractivity contribution in [2.45, 2.75) is 13.5 Å². The number of nitrogens with two attached hydrogens (primary N) is 1. The number of halogens is 3. The SMILES string of the molecule is Cc1ccc(-c2cc(Cl)ccc2OCc2c(F)cccc2F)n1-c1cc(N)cc(C(=O)O)c1. The van der Waals surface area contributed by atoms with Gasteiger partial charge in [-0.3, -0.25) is 0 Å². The van der Waals surface area contributed by atoms with Crippen molar-refractivity contribution < 1.29 is 23.4 Å². The predicted molar refractivity (Wildman–Crippen MR) is 123 cm³/mol. The minimum Gasteiger partial charge on any atom is -0.488 e. The van der Waals surface area contributed by atoms with Crippen LogP contribution in [0.15, 0.2) is 66.7 Å². The molecule has 8 heteroatoms. The van der Waals surface area contributed by atoms with Crippen LogP contribution in [-0.2, 0) is 6.61 Å². The summed E-state index contributed by atoms with van der Waals surface area (Å²) in [6.45, 7) is 1.53. The fourth-order valence-corrected chi connectivity index (χ4v) is 3.80. The molecule has 0 atom stereocenters. The summed E-state index contributed by atoms with van der Waals surface area (Å²) in [4.78, 5) is 11.5. The third-order valence-electron chi connectivity index (χ3n) is 5.17. The van der Waals surface area contributed by atoms with Gasteiger partial charge in [-0.1, -0.05) is 17.7 Å². The Morgan fingerprint density at radius 3 is 2.48 bits per heavy atom. The molecule has 3 N–H and O–H groups in total. The molecule has 5 nitrogen and oxygen atoms in total. The van der Waals surface area contributed by atoms with Crippen molar-refractivity contribution in [2.24, 2.45) is 0 Å². The molecule has 0 aliphatic rings. The van der Waals surface area contributed by atoms with Crippen LogP contribution in [0, 0.1) is 18.6 Å². The molecule has 3 aromatic carbocycles. The summed E-state index contributed by atoms with van der Waals surface area (Å²) in [5, 5.41) is 9.86. The Balaban J connectivity index is 1.80. The third kappa shape index (κ3) is 4.54. The Morgan fingerprint density at radius 1 is 1.06 bits per heavy atom. The van der Waals surface area contributed by atoms with E-state index in [1.165, 1.54) is 30.3 Å². The Kier molecular flexibility index (Phi) is 6.07. The van der Waals surface area contributed by atoms with Crippen LogP contribution in [0.25, 0.3) is 16.9 Å². The van der Waals surface area contributed by atoms with E-state index in [0.29, 0.717) is 33.4 Å². The molecule has 0 fully saturated rings. The van der Waals surface area contributed by atoms with Gasteiger partial charge >= 0.3 is 5.97 Å². The monoisotopic (exact) mass is 468 g/mol. The largest absolute Gasteiger partial charge is 0.488 e. The number of hydrogen-bond donors (Lipinski definition) is 2. The summed E-state index contributed by atoms with van der Waals surface area (Å²) < 4.78 is 35.8. The molecular weight excluding hydrogens is 450 g/mol.